The van der Waals surface area contributed by atoms with Crippen LogP contribution in [0.15, 0.2) is 18.7 Å². The minimum atomic E-state index is -0.715. The third kappa shape index (κ3) is 1.30. The average molecular weight is 170 g/mol. The molecule has 12 heavy (non-hydrogen) atoms. The summed E-state index contributed by atoms with van der Waals surface area (Å²) >= 11 is 0. The number of methoxy groups -OCH3 is 1. The van der Waals surface area contributed by atoms with Crippen molar-refractivity contribution < 1.29 is 13.5 Å². The molecule has 64 valence electrons. The molecule has 0 heterocycles. The summed E-state index contributed by atoms with van der Waals surface area (Å²) in [5.74, 6) is -1.33. The van der Waals surface area contributed by atoms with Crippen molar-refractivity contribution in [1.82, 2.24) is 0 Å². The van der Waals surface area contributed by atoms with Crippen LogP contribution in [0.5, 0.6) is 5.75 Å². The van der Waals surface area contributed by atoms with Gasteiger partial charge in [0, 0.05) is 5.56 Å². The fraction of sp³-hybridized carbons (Fsp3) is 0.111. The molecular weight excluding hydrogens is 162 g/mol. The highest BCUT2D eigenvalue weighted by atomic mass is 19.1. The normalized spacial score (nSPS) is 9.58. The van der Waals surface area contributed by atoms with Gasteiger partial charge in [0.2, 0.25) is 0 Å². The molecule has 0 aliphatic rings. The third-order valence-electron chi connectivity index (χ3n) is 1.52. The first-order chi connectivity index (χ1) is 5.70. The highest BCUT2D eigenvalue weighted by molar-refractivity contribution is 5.51. The van der Waals surface area contributed by atoms with Crippen molar-refractivity contribution >= 4 is 6.08 Å². The van der Waals surface area contributed by atoms with Crippen molar-refractivity contribution in [2.75, 3.05) is 7.11 Å². The van der Waals surface area contributed by atoms with Gasteiger partial charge in [0.05, 0.1) is 7.11 Å². The monoisotopic (exact) mass is 170 g/mol. The number of benzene rings is 1. The average Bonchev–Trinajstić information content (AvgIpc) is 2.06. The summed E-state index contributed by atoms with van der Waals surface area (Å²) in [6.07, 6.45) is 1.12. The topological polar surface area (TPSA) is 9.23 Å². The molecule has 0 spiro atoms. The molecule has 0 saturated carbocycles. The Morgan fingerprint density at radius 3 is 2.58 bits per heavy atom. The molecule has 0 radical (unpaired) electrons. The number of rotatable bonds is 2. The Bertz CT molecular complexity index is 308. The molecule has 0 fully saturated rings. The van der Waals surface area contributed by atoms with Crippen LogP contribution >= 0.6 is 0 Å². The van der Waals surface area contributed by atoms with Crippen LogP contribution in [0.2, 0.25) is 0 Å². The van der Waals surface area contributed by atoms with Crippen molar-refractivity contribution in [3.05, 3.63) is 35.9 Å². The van der Waals surface area contributed by atoms with Crippen LogP contribution in [0.3, 0.4) is 0 Å². The SMILES string of the molecule is C=Cc1c(F)ccc(OC)c1F. The zero-order chi connectivity index (χ0) is 9.14. The molecule has 0 aliphatic heterocycles. The Kier molecular flexibility index (Phi) is 2.43. The van der Waals surface area contributed by atoms with E-state index in [2.05, 4.69) is 11.3 Å². The zero-order valence-corrected chi connectivity index (χ0v) is 6.60. The van der Waals surface area contributed by atoms with Crippen LogP contribution in [0.4, 0.5) is 8.78 Å². The first-order valence-corrected chi connectivity index (χ1v) is 3.35. The molecule has 1 aromatic carbocycles. The van der Waals surface area contributed by atoms with Crippen LogP contribution in [0.1, 0.15) is 5.56 Å². The van der Waals surface area contributed by atoms with Crippen LogP contribution in [-0.4, -0.2) is 7.11 Å². The minimum Gasteiger partial charge on any atom is -0.494 e. The minimum absolute atomic E-state index is 0.0197. The lowest BCUT2D eigenvalue weighted by Crippen LogP contribution is -1.93. The number of halogens is 2. The first kappa shape index (κ1) is 8.71. The molecule has 0 amide bonds. The number of hydrogen-bond acceptors (Lipinski definition) is 1. The second-order valence-corrected chi connectivity index (χ2v) is 2.18. The highest BCUT2D eigenvalue weighted by Crippen LogP contribution is 2.23. The van der Waals surface area contributed by atoms with E-state index in [1.165, 1.54) is 13.2 Å². The van der Waals surface area contributed by atoms with Gasteiger partial charge in [-0.25, -0.2) is 8.78 Å². The Morgan fingerprint density at radius 2 is 2.08 bits per heavy atom. The molecule has 0 saturated heterocycles. The van der Waals surface area contributed by atoms with Crippen LogP contribution in [0, 0.1) is 11.6 Å². The zero-order valence-electron chi connectivity index (χ0n) is 6.60. The molecule has 1 rings (SSSR count). The summed E-state index contributed by atoms with van der Waals surface area (Å²) in [7, 11) is 1.32. The van der Waals surface area contributed by atoms with E-state index in [0.717, 1.165) is 12.1 Å². The summed E-state index contributed by atoms with van der Waals surface area (Å²) in [4.78, 5) is 0. The molecule has 3 heteroatoms. The van der Waals surface area contributed by atoms with E-state index >= 15 is 0 Å². The smallest absolute Gasteiger partial charge is 0.175 e. The summed E-state index contributed by atoms with van der Waals surface area (Å²) in [6, 6.07) is 2.37. The summed E-state index contributed by atoms with van der Waals surface area (Å²) in [6.45, 7) is 3.29. The predicted octanol–water partition coefficient (Wildman–Crippen LogP) is 2.62. The number of hydrogen-bond donors (Lipinski definition) is 0. The molecule has 0 unspecified atom stereocenters. The van der Waals surface area contributed by atoms with Gasteiger partial charge in [0.25, 0.3) is 0 Å². The van der Waals surface area contributed by atoms with Gasteiger partial charge in [-0.1, -0.05) is 12.7 Å². The van der Waals surface area contributed by atoms with E-state index in [1.807, 2.05) is 0 Å². The molecule has 0 bridgehead atoms. The maximum absolute atomic E-state index is 13.1. The van der Waals surface area contributed by atoms with Gasteiger partial charge in [-0.2, -0.15) is 0 Å². The fourth-order valence-electron chi connectivity index (χ4n) is 0.894. The van der Waals surface area contributed by atoms with Crippen LogP contribution in [0.25, 0.3) is 6.08 Å². The van der Waals surface area contributed by atoms with Crippen molar-refractivity contribution in [1.29, 1.82) is 0 Å². The summed E-state index contributed by atoms with van der Waals surface area (Å²) in [5, 5.41) is 0. The van der Waals surface area contributed by atoms with E-state index in [9.17, 15) is 8.78 Å². The van der Waals surface area contributed by atoms with E-state index in [-0.39, 0.29) is 11.3 Å². The molecular formula is C9H8F2O. The largest absolute Gasteiger partial charge is 0.494 e. The highest BCUT2D eigenvalue weighted by Gasteiger charge is 2.10. The molecule has 0 aliphatic carbocycles. The second kappa shape index (κ2) is 3.34. The third-order valence-corrected chi connectivity index (χ3v) is 1.52. The van der Waals surface area contributed by atoms with Crippen molar-refractivity contribution in [2.45, 2.75) is 0 Å². The molecule has 1 aromatic rings. The van der Waals surface area contributed by atoms with Gasteiger partial charge in [0.1, 0.15) is 5.82 Å². The van der Waals surface area contributed by atoms with E-state index in [1.54, 1.807) is 0 Å². The first-order valence-electron chi connectivity index (χ1n) is 3.35. The van der Waals surface area contributed by atoms with Gasteiger partial charge < -0.3 is 4.74 Å². The summed E-state index contributed by atoms with van der Waals surface area (Å²) < 4.78 is 30.6. The van der Waals surface area contributed by atoms with E-state index in [0.29, 0.717) is 0 Å². The lowest BCUT2D eigenvalue weighted by Gasteiger charge is -2.04. The van der Waals surface area contributed by atoms with Crippen molar-refractivity contribution in [2.24, 2.45) is 0 Å². The quantitative estimate of drug-likeness (QED) is 0.662. The Balaban J connectivity index is 3.33. The lowest BCUT2D eigenvalue weighted by molar-refractivity contribution is 0.383. The maximum atomic E-state index is 13.1. The molecule has 0 atom stereocenters. The molecule has 0 N–H and O–H groups in total. The predicted molar refractivity (Wildman–Crippen MR) is 43.0 cm³/mol. The Hall–Kier alpha value is -1.38. The van der Waals surface area contributed by atoms with Gasteiger partial charge in [-0.3, -0.25) is 0 Å². The number of ether oxygens (including phenoxy) is 1. The van der Waals surface area contributed by atoms with E-state index in [4.69, 9.17) is 0 Å². The van der Waals surface area contributed by atoms with Gasteiger partial charge in [-0.15, -0.1) is 0 Å². The molecule has 0 aromatic heterocycles. The fourth-order valence-corrected chi connectivity index (χ4v) is 0.894. The van der Waals surface area contributed by atoms with Crippen molar-refractivity contribution in [3.63, 3.8) is 0 Å². The standard InChI is InChI=1S/C9H8F2O/c1-3-6-7(10)4-5-8(12-2)9(6)11/h3-5H,1H2,2H3. The van der Waals surface area contributed by atoms with Crippen molar-refractivity contribution in [3.8, 4) is 5.75 Å². The van der Waals surface area contributed by atoms with Crippen LogP contribution in [-0.2, 0) is 0 Å². The lowest BCUT2D eigenvalue weighted by atomic mass is 10.2. The van der Waals surface area contributed by atoms with Crippen LogP contribution < -0.4 is 4.74 Å². The molecule has 1 nitrogen and oxygen atoms in total. The van der Waals surface area contributed by atoms with Gasteiger partial charge in [-0.05, 0) is 12.1 Å². The van der Waals surface area contributed by atoms with Gasteiger partial charge in [0.15, 0.2) is 11.6 Å². The Labute approximate surface area is 69.3 Å². The van der Waals surface area contributed by atoms with Gasteiger partial charge >= 0.3 is 0 Å². The second-order valence-electron chi connectivity index (χ2n) is 2.18. The van der Waals surface area contributed by atoms with E-state index < -0.39 is 11.6 Å². The maximum Gasteiger partial charge on any atom is 0.175 e. The summed E-state index contributed by atoms with van der Waals surface area (Å²) in [5.41, 5.74) is -0.158. The Morgan fingerprint density at radius 1 is 1.42 bits per heavy atom.